The number of rotatable bonds is 16. The number of carbonyl (C=O) groups excluding carboxylic acids is 4. The molecule has 0 spiro atoms. The van der Waals surface area contributed by atoms with E-state index in [2.05, 4.69) is 31.0 Å². The Morgan fingerprint density at radius 1 is 0.977 bits per heavy atom. The fourth-order valence-electron chi connectivity index (χ4n) is 5.03. The SMILES string of the molecule is CC(C)CC(NC(=O)c1cc(CN2CCOCC2)on1)C(=O)NC(Cc1cscn1)C(=O)NC(CC(C)C)C(=O)C1(C)CO1. The van der Waals surface area contributed by atoms with Crippen LogP contribution in [0.5, 0.6) is 0 Å². The minimum Gasteiger partial charge on any atom is -0.379 e. The van der Waals surface area contributed by atoms with E-state index in [4.69, 9.17) is 14.0 Å². The molecule has 3 N–H and O–H groups in total. The summed E-state index contributed by atoms with van der Waals surface area (Å²) in [6, 6.07) is -1.17. The topological polar surface area (TPSA) is 168 Å². The summed E-state index contributed by atoms with van der Waals surface area (Å²) in [6.07, 6.45) is 0.872. The van der Waals surface area contributed by atoms with Crippen molar-refractivity contribution in [3.63, 3.8) is 0 Å². The van der Waals surface area contributed by atoms with Crippen molar-refractivity contribution in [3.05, 3.63) is 34.1 Å². The van der Waals surface area contributed by atoms with E-state index in [9.17, 15) is 19.2 Å². The summed E-state index contributed by atoms with van der Waals surface area (Å²) >= 11 is 1.38. The van der Waals surface area contributed by atoms with Gasteiger partial charge in [-0.25, -0.2) is 4.98 Å². The number of carbonyl (C=O) groups is 4. The molecule has 2 aromatic heterocycles. The predicted octanol–water partition coefficient (Wildman–Crippen LogP) is 1.72. The average molecular weight is 633 g/mol. The summed E-state index contributed by atoms with van der Waals surface area (Å²) < 4.78 is 16.1. The molecule has 4 rings (SSSR count). The molecule has 4 unspecified atom stereocenters. The Balaban J connectivity index is 1.45. The van der Waals surface area contributed by atoms with Gasteiger partial charge in [-0.15, -0.1) is 11.3 Å². The van der Waals surface area contributed by atoms with Crippen LogP contribution in [0, 0.1) is 11.8 Å². The lowest BCUT2D eigenvalue weighted by molar-refractivity contribution is -0.133. The van der Waals surface area contributed by atoms with E-state index in [1.54, 1.807) is 23.9 Å². The minimum absolute atomic E-state index is 0.0541. The first-order chi connectivity index (χ1) is 20.9. The lowest BCUT2D eigenvalue weighted by Gasteiger charge is -2.26. The van der Waals surface area contributed by atoms with Gasteiger partial charge >= 0.3 is 0 Å². The van der Waals surface area contributed by atoms with Crippen LogP contribution in [0.2, 0.25) is 0 Å². The lowest BCUT2D eigenvalue weighted by Crippen LogP contribution is -2.57. The highest BCUT2D eigenvalue weighted by Gasteiger charge is 2.50. The standard InChI is InChI=1S/C30H44N6O7S/c1-18(2)10-22(26(37)30(5)16-42-30)32-28(39)24(12-20-15-44-17-31-20)34-27(38)23(11-19(3)4)33-29(40)25-13-21(43-35-25)14-36-6-8-41-9-7-36/h13,15,17-19,22-24H,6-12,14,16H2,1-5H3,(H,32,39)(H,33,40)(H,34,38). The Kier molecular flexibility index (Phi) is 11.6. The molecule has 4 atom stereocenters. The number of epoxide rings is 1. The van der Waals surface area contributed by atoms with E-state index < -0.39 is 41.4 Å². The van der Waals surface area contributed by atoms with Gasteiger partial charge in [0.1, 0.15) is 17.7 Å². The molecule has 13 nitrogen and oxygen atoms in total. The maximum absolute atomic E-state index is 13.7. The highest BCUT2D eigenvalue weighted by Crippen LogP contribution is 2.29. The number of morpholine rings is 1. The zero-order valence-corrected chi connectivity index (χ0v) is 26.9. The van der Waals surface area contributed by atoms with Gasteiger partial charge < -0.3 is 29.9 Å². The monoisotopic (exact) mass is 632 g/mol. The van der Waals surface area contributed by atoms with Crippen LogP contribution in [0.15, 0.2) is 21.5 Å². The number of aromatic nitrogens is 2. The van der Waals surface area contributed by atoms with Gasteiger partial charge in [0.15, 0.2) is 17.2 Å². The second-order valence-electron chi connectivity index (χ2n) is 12.5. The summed E-state index contributed by atoms with van der Waals surface area (Å²) in [4.78, 5) is 60.0. The summed E-state index contributed by atoms with van der Waals surface area (Å²) in [5, 5.41) is 14.2. The molecule has 3 amide bonds. The van der Waals surface area contributed by atoms with Gasteiger partial charge in [0.2, 0.25) is 11.8 Å². The van der Waals surface area contributed by atoms with Crippen LogP contribution in [-0.2, 0) is 36.8 Å². The van der Waals surface area contributed by atoms with Crippen molar-refractivity contribution >= 4 is 34.8 Å². The van der Waals surface area contributed by atoms with Crippen molar-refractivity contribution in [2.75, 3.05) is 32.9 Å². The van der Waals surface area contributed by atoms with E-state index in [1.807, 2.05) is 27.7 Å². The van der Waals surface area contributed by atoms with Crippen molar-refractivity contribution < 1.29 is 33.2 Å². The number of hydrogen-bond donors (Lipinski definition) is 3. The second kappa shape index (κ2) is 15.2. The van der Waals surface area contributed by atoms with Crippen LogP contribution in [0.25, 0.3) is 0 Å². The molecule has 2 aliphatic rings. The van der Waals surface area contributed by atoms with Crippen molar-refractivity contribution in [2.24, 2.45) is 11.8 Å². The van der Waals surface area contributed by atoms with Gasteiger partial charge in [0.25, 0.3) is 5.91 Å². The molecule has 0 aromatic carbocycles. The van der Waals surface area contributed by atoms with Crippen LogP contribution in [0.4, 0.5) is 0 Å². The molecule has 0 aliphatic carbocycles. The summed E-state index contributed by atoms with van der Waals surface area (Å²) in [6.45, 7) is 13.1. The second-order valence-corrected chi connectivity index (χ2v) is 13.3. The molecule has 242 valence electrons. The molecule has 0 bridgehead atoms. The first kappa shape index (κ1) is 33.7. The molecule has 44 heavy (non-hydrogen) atoms. The number of hydrogen-bond acceptors (Lipinski definition) is 11. The Bertz CT molecular complexity index is 1270. The van der Waals surface area contributed by atoms with Crippen molar-refractivity contribution in [1.29, 1.82) is 0 Å². The van der Waals surface area contributed by atoms with Crippen molar-refractivity contribution in [2.45, 2.75) is 84.2 Å². The third-order valence-electron chi connectivity index (χ3n) is 7.57. The van der Waals surface area contributed by atoms with Crippen LogP contribution in [0.3, 0.4) is 0 Å². The van der Waals surface area contributed by atoms with Crippen molar-refractivity contribution in [3.8, 4) is 0 Å². The number of nitrogens with one attached hydrogen (secondary N) is 3. The van der Waals surface area contributed by atoms with Crippen LogP contribution >= 0.6 is 11.3 Å². The summed E-state index contributed by atoms with van der Waals surface area (Å²) in [5.41, 5.74) is 1.43. The smallest absolute Gasteiger partial charge is 0.274 e. The van der Waals surface area contributed by atoms with E-state index in [0.29, 0.717) is 50.7 Å². The number of amides is 3. The number of ketones is 1. The van der Waals surface area contributed by atoms with E-state index in [-0.39, 0.29) is 29.7 Å². The fraction of sp³-hybridized carbons (Fsp3) is 0.667. The first-order valence-electron chi connectivity index (χ1n) is 15.2. The van der Waals surface area contributed by atoms with E-state index in [1.165, 1.54) is 11.3 Å². The van der Waals surface area contributed by atoms with Crippen LogP contribution < -0.4 is 16.0 Å². The summed E-state index contributed by atoms with van der Waals surface area (Å²) in [5.74, 6) is -1.05. The van der Waals surface area contributed by atoms with Gasteiger partial charge in [-0.1, -0.05) is 32.9 Å². The highest BCUT2D eigenvalue weighted by molar-refractivity contribution is 7.07. The molecule has 14 heteroatoms. The predicted molar refractivity (Wildman–Crippen MR) is 162 cm³/mol. The number of ether oxygens (including phenoxy) is 2. The van der Waals surface area contributed by atoms with E-state index in [0.717, 1.165) is 13.1 Å². The van der Waals surface area contributed by atoms with Gasteiger partial charge in [0.05, 0.1) is 43.6 Å². The number of Topliss-reactive ketones (excluding diaryl/α,β-unsaturated/α-hetero) is 1. The maximum Gasteiger partial charge on any atom is 0.274 e. The molecule has 2 aliphatic heterocycles. The van der Waals surface area contributed by atoms with Crippen molar-refractivity contribution in [1.82, 2.24) is 31.0 Å². The molecule has 0 radical (unpaired) electrons. The average Bonchev–Trinajstić information content (AvgIpc) is 3.32. The normalized spacial score (nSPS) is 20.6. The Labute approximate surface area is 261 Å². The van der Waals surface area contributed by atoms with Gasteiger partial charge in [0, 0.05) is 31.0 Å². The van der Waals surface area contributed by atoms with Gasteiger partial charge in [-0.2, -0.15) is 0 Å². The van der Waals surface area contributed by atoms with Crippen LogP contribution in [-0.4, -0.2) is 95.2 Å². The molecular weight excluding hydrogens is 588 g/mol. The maximum atomic E-state index is 13.7. The molecule has 0 saturated carbocycles. The molecule has 2 aromatic rings. The Morgan fingerprint density at radius 2 is 1.61 bits per heavy atom. The van der Waals surface area contributed by atoms with E-state index >= 15 is 0 Å². The zero-order valence-electron chi connectivity index (χ0n) is 26.1. The number of thiazole rings is 1. The molecule has 4 heterocycles. The largest absolute Gasteiger partial charge is 0.379 e. The molecule has 2 saturated heterocycles. The lowest BCUT2D eigenvalue weighted by atomic mass is 9.93. The zero-order chi connectivity index (χ0) is 31.9. The molecular formula is C30H44N6O7S. The number of nitrogens with zero attached hydrogens (tertiary/aromatic N) is 3. The quantitative estimate of drug-likeness (QED) is 0.232. The Hall–Kier alpha value is -3.20. The van der Waals surface area contributed by atoms with Crippen LogP contribution in [0.1, 0.15) is 69.4 Å². The third-order valence-corrected chi connectivity index (χ3v) is 8.21. The molecule has 2 fully saturated rings. The Morgan fingerprint density at radius 3 is 2.23 bits per heavy atom. The van der Waals surface area contributed by atoms with Gasteiger partial charge in [-0.3, -0.25) is 24.1 Å². The third kappa shape index (κ3) is 9.65. The van der Waals surface area contributed by atoms with Gasteiger partial charge in [-0.05, 0) is 31.6 Å². The summed E-state index contributed by atoms with van der Waals surface area (Å²) in [7, 11) is 0. The fourth-order valence-corrected chi connectivity index (χ4v) is 5.60. The first-order valence-corrected chi connectivity index (χ1v) is 16.1. The minimum atomic E-state index is -1.03. The highest BCUT2D eigenvalue weighted by atomic mass is 32.1.